The molecular weight excluding hydrogens is 288 g/mol. The largest absolute Gasteiger partial charge is 0.475 e. The van der Waals surface area contributed by atoms with Crippen LogP contribution in [-0.2, 0) is 4.74 Å². The van der Waals surface area contributed by atoms with Crippen LogP contribution in [0, 0.1) is 0 Å². The third-order valence-electron chi connectivity index (χ3n) is 3.61. The van der Waals surface area contributed by atoms with Gasteiger partial charge in [-0.3, -0.25) is 0 Å². The van der Waals surface area contributed by atoms with Crippen molar-refractivity contribution in [2.24, 2.45) is 4.99 Å². The fourth-order valence-corrected chi connectivity index (χ4v) is 4.20. The second-order valence-corrected chi connectivity index (χ2v) is 8.05. The highest BCUT2D eigenvalue weighted by atomic mass is 31.1. The summed E-state index contributed by atoms with van der Waals surface area (Å²) < 4.78 is 5.84. The highest BCUT2D eigenvalue weighted by Gasteiger charge is 2.28. The maximum absolute atomic E-state index is 5.84. The molecule has 1 aliphatic rings. The van der Waals surface area contributed by atoms with Crippen molar-refractivity contribution in [3.63, 3.8) is 0 Å². The molecule has 0 aromatic heterocycles. The van der Waals surface area contributed by atoms with E-state index in [2.05, 4.69) is 75.1 Å². The maximum Gasteiger partial charge on any atom is 0.217 e. The number of benzene rings is 2. The standard InChI is InChI=1S/C18H20NOP.B/c1-18(2)13-20-17(19-18)15-11-7-8-12-16(15)21(3)14-9-5-4-6-10-14;/h4-12H,13H2,1-3H3;/t21-;/m0./s1. The Morgan fingerprint density at radius 2 is 1.64 bits per heavy atom. The molecule has 0 spiro atoms. The van der Waals surface area contributed by atoms with Gasteiger partial charge in [0, 0.05) is 14.0 Å². The van der Waals surface area contributed by atoms with Crippen molar-refractivity contribution in [3.8, 4) is 0 Å². The smallest absolute Gasteiger partial charge is 0.217 e. The monoisotopic (exact) mass is 308 g/mol. The lowest BCUT2D eigenvalue weighted by Crippen LogP contribution is -2.19. The van der Waals surface area contributed by atoms with Crippen LogP contribution in [0.2, 0.25) is 0 Å². The van der Waals surface area contributed by atoms with Gasteiger partial charge in [0.2, 0.25) is 5.90 Å². The summed E-state index contributed by atoms with van der Waals surface area (Å²) in [5, 5.41) is 2.70. The molecule has 1 atom stereocenters. The van der Waals surface area contributed by atoms with Crippen molar-refractivity contribution in [1.82, 2.24) is 0 Å². The van der Waals surface area contributed by atoms with E-state index in [4.69, 9.17) is 9.73 Å². The first-order chi connectivity index (χ1) is 10.1. The zero-order valence-electron chi connectivity index (χ0n) is 13.3. The highest BCUT2D eigenvalue weighted by molar-refractivity contribution is 7.72. The summed E-state index contributed by atoms with van der Waals surface area (Å²) in [6.45, 7) is 7.16. The first kappa shape index (κ1) is 16.8. The molecule has 2 nitrogen and oxygen atoms in total. The van der Waals surface area contributed by atoms with Crippen LogP contribution in [0.25, 0.3) is 0 Å². The zero-order chi connectivity index (χ0) is 14.9. The summed E-state index contributed by atoms with van der Waals surface area (Å²) in [5.74, 6) is 0.792. The minimum atomic E-state index is -0.399. The summed E-state index contributed by atoms with van der Waals surface area (Å²) >= 11 is 0. The molecule has 2 aromatic rings. The molecule has 1 heterocycles. The Kier molecular flexibility index (Phi) is 5.08. The van der Waals surface area contributed by atoms with Crippen LogP contribution in [0.15, 0.2) is 59.6 Å². The van der Waals surface area contributed by atoms with E-state index in [1.165, 1.54) is 10.6 Å². The lowest BCUT2D eigenvalue weighted by Gasteiger charge is -2.17. The molecule has 0 aliphatic carbocycles. The summed E-state index contributed by atoms with van der Waals surface area (Å²) in [6, 6.07) is 19.1. The molecule has 0 N–H and O–H groups in total. The van der Waals surface area contributed by atoms with Crippen molar-refractivity contribution in [1.29, 1.82) is 0 Å². The van der Waals surface area contributed by atoms with Crippen LogP contribution >= 0.6 is 7.92 Å². The number of hydrogen-bond donors (Lipinski definition) is 0. The van der Waals surface area contributed by atoms with Gasteiger partial charge in [0.1, 0.15) is 6.61 Å². The number of nitrogens with zero attached hydrogens (tertiary/aromatic N) is 1. The quantitative estimate of drug-likeness (QED) is 0.631. The summed E-state index contributed by atoms with van der Waals surface area (Å²) in [6.07, 6.45) is 0. The normalized spacial score (nSPS) is 17.1. The molecule has 0 fully saturated rings. The van der Waals surface area contributed by atoms with Crippen LogP contribution in [0.4, 0.5) is 0 Å². The van der Waals surface area contributed by atoms with Gasteiger partial charge in [0.25, 0.3) is 0 Å². The first-order valence-corrected chi connectivity index (χ1v) is 8.96. The Morgan fingerprint density at radius 3 is 2.27 bits per heavy atom. The van der Waals surface area contributed by atoms with Crippen LogP contribution in [0.5, 0.6) is 0 Å². The van der Waals surface area contributed by atoms with E-state index in [0.29, 0.717) is 6.61 Å². The average molecular weight is 308 g/mol. The molecule has 111 valence electrons. The van der Waals surface area contributed by atoms with Crippen LogP contribution in [0.1, 0.15) is 19.4 Å². The van der Waals surface area contributed by atoms with Crippen LogP contribution in [-0.4, -0.2) is 33.1 Å². The van der Waals surface area contributed by atoms with Gasteiger partial charge in [0.15, 0.2) is 0 Å². The Hall–Kier alpha value is -1.60. The Labute approximate surface area is 136 Å². The molecule has 22 heavy (non-hydrogen) atoms. The third kappa shape index (κ3) is 3.42. The molecule has 3 rings (SSSR count). The lowest BCUT2D eigenvalue weighted by molar-refractivity contribution is 0.279. The molecule has 0 saturated heterocycles. The van der Waals surface area contributed by atoms with Gasteiger partial charge >= 0.3 is 0 Å². The van der Waals surface area contributed by atoms with E-state index in [1.54, 1.807) is 0 Å². The van der Waals surface area contributed by atoms with Gasteiger partial charge in [-0.1, -0.05) is 48.5 Å². The molecular formula is C18H20BNOP. The molecule has 4 heteroatoms. The van der Waals surface area contributed by atoms with Gasteiger partial charge in [-0.15, -0.1) is 0 Å². The van der Waals surface area contributed by atoms with Crippen molar-refractivity contribution in [2.75, 3.05) is 13.3 Å². The van der Waals surface area contributed by atoms with E-state index in [0.717, 1.165) is 11.5 Å². The molecule has 2 aromatic carbocycles. The second-order valence-electron chi connectivity index (χ2n) is 5.93. The number of ether oxygens (including phenoxy) is 1. The van der Waals surface area contributed by atoms with E-state index < -0.39 is 7.92 Å². The Balaban J connectivity index is 0.00000176. The summed E-state index contributed by atoms with van der Waals surface area (Å²) in [4.78, 5) is 4.73. The summed E-state index contributed by atoms with van der Waals surface area (Å²) in [5.41, 5.74) is 1.02. The minimum absolute atomic E-state index is 0. The van der Waals surface area contributed by atoms with Crippen molar-refractivity contribution in [3.05, 3.63) is 60.2 Å². The first-order valence-electron chi connectivity index (χ1n) is 7.18. The molecule has 1 aliphatic heterocycles. The van der Waals surface area contributed by atoms with Crippen molar-refractivity contribution in [2.45, 2.75) is 19.4 Å². The molecule has 3 radical (unpaired) electrons. The SMILES string of the molecule is C[P@@](c1ccccc1)c1ccccc1C1=NC(C)(C)CO1.[B]. The van der Waals surface area contributed by atoms with Gasteiger partial charge in [0.05, 0.1) is 5.54 Å². The molecule has 0 amide bonds. The minimum Gasteiger partial charge on any atom is -0.475 e. The zero-order valence-corrected chi connectivity index (χ0v) is 14.2. The molecule has 0 bridgehead atoms. The second kappa shape index (κ2) is 6.66. The Morgan fingerprint density at radius 1 is 1.00 bits per heavy atom. The van der Waals surface area contributed by atoms with Gasteiger partial charge in [-0.2, -0.15) is 0 Å². The molecule has 0 saturated carbocycles. The number of aliphatic imine (C=N–C) groups is 1. The number of rotatable bonds is 3. The summed E-state index contributed by atoms with van der Waals surface area (Å²) in [7, 11) is -0.399. The highest BCUT2D eigenvalue weighted by Crippen LogP contribution is 2.31. The van der Waals surface area contributed by atoms with Crippen molar-refractivity contribution >= 4 is 32.8 Å². The predicted octanol–water partition coefficient (Wildman–Crippen LogP) is 2.92. The van der Waals surface area contributed by atoms with Gasteiger partial charge < -0.3 is 4.74 Å². The van der Waals surface area contributed by atoms with Crippen LogP contribution in [0.3, 0.4) is 0 Å². The van der Waals surface area contributed by atoms with E-state index in [-0.39, 0.29) is 14.0 Å². The fourth-order valence-electron chi connectivity index (χ4n) is 2.46. The van der Waals surface area contributed by atoms with Gasteiger partial charge in [-0.25, -0.2) is 4.99 Å². The lowest BCUT2D eigenvalue weighted by atomic mass is 10.1. The van der Waals surface area contributed by atoms with Gasteiger partial charge in [-0.05, 0) is 45.1 Å². The average Bonchev–Trinajstić information content (AvgIpc) is 2.87. The fraction of sp³-hybridized carbons (Fsp3) is 0.278. The van der Waals surface area contributed by atoms with E-state index in [1.807, 2.05) is 0 Å². The van der Waals surface area contributed by atoms with Crippen LogP contribution < -0.4 is 10.6 Å². The number of hydrogen-bond acceptors (Lipinski definition) is 2. The van der Waals surface area contributed by atoms with E-state index in [9.17, 15) is 0 Å². The maximum atomic E-state index is 5.84. The molecule has 0 unspecified atom stereocenters. The topological polar surface area (TPSA) is 21.6 Å². The predicted molar refractivity (Wildman–Crippen MR) is 97.3 cm³/mol. The third-order valence-corrected chi connectivity index (χ3v) is 5.79. The Bertz CT molecular complexity index is 670. The van der Waals surface area contributed by atoms with E-state index >= 15 is 0 Å². The van der Waals surface area contributed by atoms with Crippen molar-refractivity contribution < 1.29 is 4.74 Å².